The summed E-state index contributed by atoms with van der Waals surface area (Å²) in [6.45, 7) is 6.40. The maximum Gasteiger partial charge on any atom is 0.411 e. The highest BCUT2D eigenvalue weighted by Gasteiger charge is 2.45. The number of anilines is 1. The quantitative estimate of drug-likeness (QED) is 0.146. The number of carbonyl (C=O) groups is 2. The first kappa shape index (κ1) is 40.0. The van der Waals surface area contributed by atoms with E-state index in [9.17, 15) is 32.3 Å². The van der Waals surface area contributed by atoms with Crippen LogP contribution in [0.2, 0.25) is 0 Å². The number of pyridine rings is 2. The Kier molecular flexibility index (Phi) is 11.8. The zero-order valence-electron chi connectivity index (χ0n) is 31.2. The molecule has 1 N–H and O–H groups in total. The third-order valence-corrected chi connectivity index (χ3v) is 10.1. The summed E-state index contributed by atoms with van der Waals surface area (Å²) < 4.78 is 70.2. The molecule has 1 aliphatic rings. The van der Waals surface area contributed by atoms with Crippen molar-refractivity contribution in [3.8, 4) is 5.69 Å². The molecule has 56 heavy (non-hydrogen) atoms. The Bertz CT molecular complexity index is 2370. The largest absolute Gasteiger partial charge is 0.463 e. The molecule has 4 heterocycles. The molecule has 0 spiro atoms. The van der Waals surface area contributed by atoms with Gasteiger partial charge in [0.15, 0.2) is 0 Å². The van der Waals surface area contributed by atoms with Crippen molar-refractivity contribution in [2.24, 2.45) is 7.05 Å². The van der Waals surface area contributed by atoms with Crippen LogP contribution in [0.1, 0.15) is 35.3 Å². The molecular formula is C39H41F4N7O6. The number of carbonyl (C=O) groups excluding carboxylic acids is 2. The van der Waals surface area contributed by atoms with Gasteiger partial charge in [-0.05, 0) is 61.5 Å². The molecule has 296 valence electrons. The van der Waals surface area contributed by atoms with Gasteiger partial charge in [-0.3, -0.25) is 24.1 Å². The van der Waals surface area contributed by atoms with Gasteiger partial charge >= 0.3 is 17.8 Å². The molecular weight excluding hydrogens is 738 g/mol. The summed E-state index contributed by atoms with van der Waals surface area (Å²) in [6, 6.07) is 6.76. The molecule has 2 aromatic carbocycles. The van der Waals surface area contributed by atoms with Crippen LogP contribution in [0.3, 0.4) is 0 Å². The van der Waals surface area contributed by atoms with Crippen LogP contribution in [-0.2, 0) is 27.7 Å². The van der Waals surface area contributed by atoms with Gasteiger partial charge in [0.1, 0.15) is 24.5 Å². The van der Waals surface area contributed by atoms with Crippen LogP contribution in [-0.4, -0.2) is 100 Å². The molecule has 1 fully saturated rings. The van der Waals surface area contributed by atoms with Crippen LogP contribution < -0.4 is 21.5 Å². The summed E-state index contributed by atoms with van der Waals surface area (Å²) in [5.41, 5.74) is -0.413. The van der Waals surface area contributed by atoms with Gasteiger partial charge in [0.2, 0.25) is 0 Å². The number of rotatable bonds is 12. The minimum Gasteiger partial charge on any atom is -0.463 e. The summed E-state index contributed by atoms with van der Waals surface area (Å²) >= 11 is 0. The number of halogens is 4. The topological polar surface area (TPSA) is 141 Å². The third kappa shape index (κ3) is 8.00. The number of hydrogen-bond donors (Lipinski definition) is 1. The highest BCUT2D eigenvalue weighted by Crippen LogP contribution is 2.33. The second-order valence-corrected chi connectivity index (χ2v) is 13.4. The van der Waals surface area contributed by atoms with E-state index in [0.717, 1.165) is 15.5 Å². The lowest BCUT2D eigenvalue weighted by atomic mass is 9.99. The highest BCUT2D eigenvalue weighted by atomic mass is 19.4. The van der Waals surface area contributed by atoms with E-state index in [1.54, 1.807) is 18.2 Å². The highest BCUT2D eigenvalue weighted by molar-refractivity contribution is 5.99. The minimum absolute atomic E-state index is 0.000172. The number of aryl methyl sites for hydroxylation is 2. The van der Waals surface area contributed by atoms with Crippen molar-refractivity contribution >= 4 is 39.4 Å². The number of nitrogens with zero attached hydrogens (tertiary/aromatic N) is 6. The van der Waals surface area contributed by atoms with Crippen molar-refractivity contribution in [3.63, 3.8) is 0 Å². The van der Waals surface area contributed by atoms with Crippen molar-refractivity contribution in [2.45, 2.75) is 45.5 Å². The van der Waals surface area contributed by atoms with Crippen LogP contribution >= 0.6 is 0 Å². The van der Waals surface area contributed by atoms with Crippen LogP contribution in [0, 0.1) is 12.7 Å². The molecule has 13 nitrogen and oxygen atoms in total. The molecule has 2 atom stereocenters. The first-order valence-corrected chi connectivity index (χ1v) is 18.1. The van der Waals surface area contributed by atoms with Crippen LogP contribution in [0.25, 0.3) is 27.5 Å². The number of aromatic nitrogens is 4. The summed E-state index contributed by atoms with van der Waals surface area (Å²) in [6.07, 6.45) is -0.459. The second kappa shape index (κ2) is 16.6. The molecule has 1 aliphatic heterocycles. The second-order valence-electron chi connectivity index (χ2n) is 13.4. The molecule has 0 unspecified atom stereocenters. The lowest BCUT2D eigenvalue weighted by Gasteiger charge is -2.38. The molecule has 0 aliphatic carbocycles. The van der Waals surface area contributed by atoms with Gasteiger partial charge in [0.25, 0.3) is 11.5 Å². The lowest BCUT2D eigenvalue weighted by Crippen LogP contribution is -2.53. The number of ether oxygens (including phenoxy) is 2. The molecule has 1 saturated heterocycles. The lowest BCUT2D eigenvalue weighted by molar-refractivity contribution is -0.167. The Morgan fingerprint density at radius 3 is 2.57 bits per heavy atom. The molecule has 17 heteroatoms. The van der Waals surface area contributed by atoms with E-state index in [4.69, 9.17) is 9.47 Å². The Labute approximate surface area is 318 Å². The molecule has 1 amide bonds. The smallest absolute Gasteiger partial charge is 0.411 e. The van der Waals surface area contributed by atoms with Gasteiger partial charge in [-0.15, -0.1) is 0 Å². The van der Waals surface area contributed by atoms with E-state index in [1.807, 2.05) is 18.7 Å². The Morgan fingerprint density at radius 1 is 1.09 bits per heavy atom. The van der Waals surface area contributed by atoms with E-state index in [-0.39, 0.29) is 54.0 Å². The van der Waals surface area contributed by atoms with E-state index < -0.39 is 59.4 Å². The van der Waals surface area contributed by atoms with Gasteiger partial charge in [-0.2, -0.15) is 13.2 Å². The fourth-order valence-corrected chi connectivity index (χ4v) is 7.00. The predicted molar refractivity (Wildman–Crippen MR) is 201 cm³/mol. The number of fused-ring (bicyclic) bond motifs is 2. The number of alkyl halides is 3. The van der Waals surface area contributed by atoms with Crippen molar-refractivity contribution in [1.82, 2.24) is 29.3 Å². The maximum atomic E-state index is 15.8. The number of morpholine rings is 1. The standard InChI is InChI=1S/C39H41F4N7O6/c1-5-48(6-2)14-17-56-37(53)29(46-35(51)33-23(3)18-25(20-28(33)40)49-15-16-55-22-32(49)39(41,42)43)19-24-9-10-30(34-26(24)8-7-12-45-34)50-36(52)27-11-13-44-21-31(27)47(4)38(50)54/h7-13,18,20-21,29,32H,5-6,14-17,19,22H2,1-4H3,(H,46,51)/t29-,32+/m0/s1. The van der Waals surface area contributed by atoms with Crippen molar-refractivity contribution in [2.75, 3.05) is 50.9 Å². The summed E-state index contributed by atoms with van der Waals surface area (Å²) in [4.78, 5) is 66.3. The number of amides is 1. The zero-order chi connectivity index (χ0) is 40.3. The van der Waals surface area contributed by atoms with Crippen LogP contribution in [0.5, 0.6) is 0 Å². The molecule has 0 bridgehead atoms. The summed E-state index contributed by atoms with van der Waals surface area (Å²) in [7, 11) is 1.52. The van der Waals surface area contributed by atoms with E-state index in [2.05, 4.69) is 15.3 Å². The minimum atomic E-state index is -4.64. The first-order valence-electron chi connectivity index (χ1n) is 18.1. The molecule has 6 rings (SSSR count). The molecule has 0 radical (unpaired) electrons. The monoisotopic (exact) mass is 779 g/mol. The van der Waals surface area contributed by atoms with Crippen LogP contribution in [0.4, 0.5) is 23.2 Å². The van der Waals surface area contributed by atoms with Gasteiger partial charge < -0.3 is 24.6 Å². The fraction of sp³-hybridized carbons (Fsp3) is 0.385. The van der Waals surface area contributed by atoms with Crippen molar-refractivity contribution in [1.29, 1.82) is 0 Å². The van der Waals surface area contributed by atoms with Gasteiger partial charge in [0, 0.05) is 50.0 Å². The van der Waals surface area contributed by atoms with Crippen molar-refractivity contribution in [3.05, 3.63) is 104 Å². The zero-order valence-corrected chi connectivity index (χ0v) is 31.2. The van der Waals surface area contributed by atoms with Crippen LogP contribution in [0.15, 0.2) is 70.6 Å². The van der Waals surface area contributed by atoms with E-state index >= 15 is 4.39 Å². The average Bonchev–Trinajstić information content (AvgIpc) is 3.18. The SMILES string of the molecule is CCN(CC)CCOC(=O)[C@H](Cc1ccc(-n2c(=O)c3ccncc3n(C)c2=O)c2ncccc12)NC(=O)c1c(C)cc(N2CCOC[C@@H]2C(F)(F)F)cc1F. The number of nitrogens with one attached hydrogen (secondary N) is 1. The van der Waals surface area contributed by atoms with Gasteiger partial charge in [-0.25, -0.2) is 18.5 Å². The van der Waals surface area contributed by atoms with E-state index in [0.29, 0.717) is 36.1 Å². The number of hydrogen-bond acceptors (Lipinski definition) is 10. The van der Waals surface area contributed by atoms with Gasteiger partial charge in [0.05, 0.1) is 47.1 Å². The van der Waals surface area contributed by atoms with E-state index in [1.165, 1.54) is 55.3 Å². The first-order chi connectivity index (χ1) is 26.7. The number of likely N-dealkylation sites (N-methyl/N-ethyl adjacent to an activating group) is 1. The average molecular weight is 780 g/mol. The Morgan fingerprint density at radius 2 is 1.86 bits per heavy atom. The third-order valence-electron chi connectivity index (χ3n) is 10.1. The normalized spacial score (nSPS) is 15.4. The van der Waals surface area contributed by atoms with Crippen molar-refractivity contribution < 1.29 is 36.6 Å². The van der Waals surface area contributed by atoms with Gasteiger partial charge in [-0.1, -0.05) is 26.0 Å². The number of esters is 1. The fourth-order valence-electron chi connectivity index (χ4n) is 7.00. The predicted octanol–water partition coefficient (Wildman–Crippen LogP) is 4.07. The molecule has 3 aromatic heterocycles. The maximum absolute atomic E-state index is 15.8. The molecule has 0 saturated carbocycles. The summed E-state index contributed by atoms with van der Waals surface area (Å²) in [5, 5.41) is 3.32. The number of benzene rings is 2. The Balaban J connectivity index is 1.36. The molecule has 5 aromatic rings. The summed E-state index contributed by atoms with van der Waals surface area (Å²) in [5.74, 6) is -2.86. The Hall–Kier alpha value is -5.68.